The van der Waals surface area contributed by atoms with Gasteiger partial charge in [0.25, 0.3) is 0 Å². The number of methoxy groups -OCH3 is 1. The van der Waals surface area contributed by atoms with Crippen molar-refractivity contribution in [1.29, 1.82) is 0 Å². The summed E-state index contributed by atoms with van der Waals surface area (Å²) in [7, 11) is 1.54. The number of ketones is 1. The van der Waals surface area contributed by atoms with E-state index >= 15 is 0 Å². The Balaban J connectivity index is 1.80. The number of nitrogens with zero attached hydrogens (tertiary/aromatic N) is 1. The number of benzene rings is 3. The molecule has 2 N–H and O–H groups in total. The molecule has 0 saturated carbocycles. The predicted molar refractivity (Wildman–Crippen MR) is 133 cm³/mol. The minimum atomic E-state index is -0.786. The third-order valence-corrected chi connectivity index (χ3v) is 6.46. The maximum absolute atomic E-state index is 14.6. The number of ether oxygens (including phenoxy) is 1. The number of hydrogen-bond acceptors (Lipinski definition) is 6. The van der Waals surface area contributed by atoms with Crippen molar-refractivity contribution in [2.75, 3.05) is 12.4 Å². The van der Waals surface area contributed by atoms with Crippen LogP contribution in [-0.4, -0.2) is 23.0 Å². The summed E-state index contributed by atoms with van der Waals surface area (Å²) in [4.78, 5) is 18.9. The van der Waals surface area contributed by atoms with Gasteiger partial charge in [0.05, 0.1) is 23.6 Å². The van der Waals surface area contributed by atoms with Crippen molar-refractivity contribution in [3.05, 3.63) is 99.9 Å². The predicted octanol–water partition coefficient (Wildman–Crippen LogP) is 6.10. The molecule has 0 radical (unpaired) electrons. The number of carbonyl (C=O) groups is 1. The summed E-state index contributed by atoms with van der Waals surface area (Å²) in [6.07, 6.45) is 0. The number of aliphatic hydroxyl groups is 1. The molecule has 3 aromatic carbocycles. The quantitative estimate of drug-likeness (QED) is 0.301. The van der Waals surface area contributed by atoms with Crippen LogP contribution in [0.2, 0.25) is 0 Å². The van der Waals surface area contributed by atoms with Crippen LogP contribution in [0.5, 0.6) is 5.75 Å². The van der Waals surface area contributed by atoms with Crippen LogP contribution in [0, 0.1) is 19.7 Å². The molecule has 1 atom stereocenters. The van der Waals surface area contributed by atoms with Gasteiger partial charge in [-0.1, -0.05) is 48.0 Å². The summed E-state index contributed by atoms with van der Waals surface area (Å²) >= 11 is 1.29. The fourth-order valence-corrected chi connectivity index (χ4v) is 4.69. The van der Waals surface area contributed by atoms with Crippen LogP contribution in [0.15, 0.2) is 66.7 Å². The summed E-state index contributed by atoms with van der Waals surface area (Å²) in [5.41, 5.74) is 3.64. The average molecular weight is 477 g/mol. The molecule has 1 aromatic heterocycles. The van der Waals surface area contributed by atoms with Gasteiger partial charge in [0, 0.05) is 17.3 Å². The summed E-state index contributed by atoms with van der Waals surface area (Å²) in [6.45, 7) is 3.61. The zero-order chi connectivity index (χ0) is 24.2. The number of aryl methyl sites for hydroxylation is 2. The highest BCUT2D eigenvalue weighted by Gasteiger charge is 2.28. The number of aromatic nitrogens is 1. The number of anilines is 1. The third kappa shape index (κ3) is 5.00. The lowest BCUT2D eigenvalue weighted by molar-refractivity contribution is 0.0966. The Bertz CT molecular complexity index is 1300. The maximum Gasteiger partial charge on any atom is 0.209 e. The van der Waals surface area contributed by atoms with Gasteiger partial charge in [0.15, 0.2) is 0 Å². The first kappa shape index (κ1) is 23.6. The summed E-state index contributed by atoms with van der Waals surface area (Å²) < 4.78 is 20.0. The van der Waals surface area contributed by atoms with Crippen molar-refractivity contribution in [3.8, 4) is 16.2 Å². The Morgan fingerprint density at radius 2 is 1.85 bits per heavy atom. The van der Waals surface area contributed by atoms with Gasteiger partial charge in [-0.2, -0.15) is 0 Å². The molecule has 5 nitrogen and oxygen atoms in total. The Kier molecular flexibility index (Phi) is 7.05. The largest absolute Gasteiger partial charge is 0.497 e. The molecule has 0 amide bonds. The fourth-order valence-electron chi connectivity index (χ4n) is 3.74. The van der Waals surface area contributed by atoms with E-state index in [0.29, 0.717) is 32.4 Å². The zero-order valence-corrected chi connectivity index (χ0v) is 19.9. The number of nitrogens with one attached hydrogen (secondary N) is 1. The monoisotopic (exact) mass is 476 g/mol. The van der Waals surface area contributed by atoms with E-state index in [1.54, 1.807) is 50.4 Å². The van der Waals surface area contributed by atoms with Crippen LogP contribution in [-0.2, 0) is 6.61 Å². The number of rotatable bonds is 8. The number of hydrogen-bond donors (Lipinski definition) is 2. The molecule has 0 spiro atoms. The van der Waals surface area contributed by atoms with Gasteiger partial charge < -0.3 is 15.2 Å². The molecule has 4 aromatic rings. The SMILES string of the molecule is COc1cc(CO)cc(NC(C(=O)c2nc(C)sc2-c2ccccc2F)c2ccc(C)cc2)c1. The van der Waals surface area contributed by atoms with E-state index < -0.39 is 11.9 Å². The number of aliphatic hydroxyl groups excluding tert-OH is 1. The fraction of sp³-hybridized carbons (Fsp3) is 0.185. The number of Topliss-reactive ketones (excluding diaryl/α,β-unsaturated/α-hetero) is 1. The zero-order valence-electron chi connectivity index (χ0n) is 19.1. The van der Waals surface area contributed by atoms with Crippen LogP contribution < -0.4 is 10.1 Å². The second-order valence-corrected chi connectivity index (χ2v) is 9.17. The molecule has 0 aliphatic carbocycles. The van der Waals surface area contributed by atoms with Crippen LogP contribution >= 0.6 is 11.3 Å². The van der Waals surface area contributed by atoms with E-state index in [2.05, 4.69) is 10.3 Å². The summed E-state index contributed by atoms with van der Waals surface area (Å²) in [5, 5.41) is 13.6. The molecular weight excluding hydrogens is 451 g/mol. The van der Waals surface area contributed by atoms with Crippen molar-refractivity contribution >= 4 is 22.8 Å². The molecule has 0 aliphatic heterocycles. The van der Waals surface area contributed by atoms with Crippen molar-refractivity contribution in [3.63, 3.8) is 0 Å². The molecule has 34 heavy (non-hydrogen) atoms. The van der Waals surface area contributed by atoms with Gasteiger partial charge in [-0.15, -0.1) is 11.3 Å². The van der Waals surface area contributed by atoms with Gasteiger partial charge >= 0.3 is 0 Å². The molecule has 0 fully saturated rings. The minimum Gasteiger partial charge on any atom is -0.497 e. The molecule has 1 unspecified atom stereocenters. The van der Waals surface area contributed by atoms with Crippen molar-refractivity contribution in [2.45, 2.75) is 26.5 Å². The smallest absolute Gasteiger partial charge is 0.209 e. The number of carbonyl (C=O) groups excluding carboxylic acids is 1. The number of halogens is 1. The van der Waals surface area contributed by atoms with Crippen LogP contribution in [0.4, 0.5) is 10.1 Å². The normalized spacial score (nSPS) is 11.8. The average Bonchev–Trinajstić information content (AvgIpc) is 3.24. The molecule has 0 aliphatic rings. The van der Waals surface area contributed by atoms with E-state index in [-0.39, 0.29) is 18.1 Å². The standard InChI is InChI=1S/C27H25FN2O3S/c1-16-8-10-19(11-9-16)24(30-20-12-18(15-31)13-21(14-20)33-3)26(32)25-27(34-17(2)29-25)22-6-4-5-7-23(22)28/h4-14,24,30-31H,15H2,1-3H3. The lowest BCUT2D eigenvalue weighted by Gasteiger charge is -2.20. The second-order valence-electron chi connectivity index (χ2n) is 7.97. The third-order valence-electron chi connectivity index (χ3n) is 5.45. The maximum atomic E-state index is 14.6. The summed E-state index contributed by atoms with van der Waals surface area (Å²) in [5.74, 6) is -0.124. The van der Waals surface area contributed by atoms with Gasteiger partial charge in [-0.25, -0.2) is 9.37 Å². The molecule has 174 valence electrons. The van der Waals surface area contributed by atoms with E-state index in [0.717, 1.165) is 11.1 Å². The molecular formula is C27H25FN2O3S. The van der Waals surface area contributed by atoms with E-state index in [4.69, 9.17) is 4.74 Å². The first-order valence-corrected chi connectivity index (χ1v) is 11.6. The van der Waals surface area contributed by atoms with E-state index in [1.165, 1.54) is 17.4 Å². The van der Waals surface area contributed by atoms with E-state index in [1.807, 2.05) is 31.2 Å². The van der Waals surface area contributed by atoms with Gasteiger partial charge in [-0.05, 0) is 43.2 Å². The molecule has 0 saturated heterocycles. The van der Waals surface area contributed by atoms with Crippen molar-refractivity contribution in [1.82, 2.24) is 4.98 Å². The van der Waals surface area contributed by atoms with Crippen LogP contribution in [0.1, 0.15) is 38.2 Å². The van der Waals surface area contributed by atoms with Crippen LogP contribution in [0.25, 0.3) is 10.4 Å². The first-order valence-electron chi connectivity index (χ1n) is 10.8. The Hall–Kier alpha value is -3.55. The van der Waals surface area contributed by atoms with Gasteiger partial charge in [-0.3, -0.25) is 4.79 Å². The van der Waals surface area contributed by atoms with E-state index in [9.17, 15) is 14.3 Å². The lowest BCUT2D eigenvalue weighted by Crippen LogP contribution is -2.22. The Morgan fingerprint density at radius 3 is 2.53 bits per heavy atom. The lowest BCUT2D eigenvalue weighted by atomic mass is 9.97. The molecule has 0 bridgehead atoms. The van der Waals surface area contributed by atoms with Crippen molar-refractivity contribution in [2.24, 2.45) is 0 Å². The second kappa shape index (κ2) is 10.2. The van der Waals surface area contributed by atoms with Gasteiger partial charge in [0.1, 0.15) is 23.3 Å². The highest BCUT2D eigenvalue weighted by atomic mass is 32.1. The number of thiazole rings is 1. The Morgan fingerprint density at radius 1 is 1.12 bits per heavy atom. The topological polar surface area (TPSA) is 71.5 Å². The molecule has 4 rings (SSSR count). The first-order chi connectivity index (χ1) is 16.4. The van der Waals surface area contributed by atoms with Crippen molar-refractivity contribution < 1.29 is 19.0 Å². The Labute approximate surface area is 201 Å². The van der Waals surface area contributed by atoms with Gasteiger partial charge in [0.2, 0.25) is 5.78 Å². The molecule has 7 heteroatoms. The van der Waals surface area contributed by atoms with Crippen LogP contribution in [0.3, 0.4) is 0 Å². The highest BCUT2D eigenvalue weighted by molar-refractivity contribution is 7.15. The summed E-state index contributed by atoms with van der Waals surface area (Å²) in [6, 6.07) is 18.5. The molecule has 1 heterocycles. The minimum absolute atomic E-state index is 0.169. The highest BCUT2D eigenvalue weighted by Crippen LogP contribution is 2.36.